The molecule has 1 unspecified atom stereocenters. The van der Waals surface area contributed by atoms with E-state index in [1.165, 1.54) is 16.9 Å². The highest BCUT2D eigenvalue weighted by Crippen LogP contribution is 2.30. The number of amides is 1. The van der Waals surface area contributed by atoms with Gasteiger partial charge in [-0.1, -0.05) is 30.4 Å². The number of aromatic nitrogens is 2. The van der Waals surface area contributed by atoms with Gasteiger partial charge in [-0.3, -0.25) is 9.69 Å². The molecule has 0 bridgehead atoms. The molecule has 6 nitrogen and oxygen atoms in total. The minimum absolute atomic E-state index is 0.310. The Morgan fingerprint density at radius 1 is 1.27 bits per heavy atom. The lowest BCUT2D eigenvalue weighted by atomic mass is 10.1. The summed E-state index contributed by atoms with van der Waals surface area (Å²) in [6.45, 7) is 8.13. The van der Waals surface area contributed by atoms with Gasteiger partial charge in [-0.05, 0) is 56.1 Å². The Labute approximate surface area is 181 Å². The molecule has 1 saturated heterocycles. The van der Waals surface area contributed by atoms with Crippen molar-refractivity contribution in [1.82, 2.24) is 19.8 Å². The number of rotatable bonds is 9. The summed E-state index contributed by atoms with van der Waals surface area (Å²) in [7, 11) is 0. The number of ether oxygens (including phenoxy) is 1. The fourth-order valence-corrected chi connectivity index (χ4v) is 4.62. The molecule has 1 aromatic carbocycles. The summed E-state index contributed by atoms with van der Waals surface area (Å²) >= 11 is 1.50. The molecule has 1 atom stereocenters. The topological polar surface area (TPSA) is 58.6 Å². The molecular formula is C23H28N4O2S. The Morgan fingerprint density at radius 3 is 2.80 bits per heavy atom. The number of nitrogens with zero attached hydrogens (tertiary/aromatic N) is 4. The van der Waals surface area contributed by atoms with Crippen molar-refractivity contribution in [3.63, 3.8) is 0 Å². The Bertz CT molecular complexity index is 955. The van der Waals surface area contributed by atoms with E-state index in [0.29, 0.717) is 23.6 Å². The number of pyridine rings is 1. The summed E-state index contributed by atoms with van der Waals surface area (Å²) in [5, 5.41) is 0.608. The van der Waals surface area contributed by atoms with Crippen LogP contribution in [-0.2, 0) is 11.3 Å². The summed E-state index contributed by atoms with van der Waals surface area (Å²) < 4.78 is 6.93. The van der Waals surface area contributed by atoms with Gasteiger partial charge in [0, 0.05) is 38.3 Å². The van der Waals surface area contributed by atoms with Gasteiger partial charge in [0.2, 0.25) is 5.91 Å². The van der Waals surface area contributed by atoms with Gasteiger partial charge in [0.15, 0.2) is 5.65 Å². The maximum atomic E-state index is 11.9. The van der Waals surface area contributed by atoms with E-state index in [-0.39, 0.29) is 0 Å². The molecule has 30 heavy (non-hydrogen) atoms. The van der Waals surface area contributed by atoms with Crippen molar-refractivity contribution >= 4 is 27.6 Å². The first kappa shape index (κ1) is 20.8. The molecule has 0 saturated carbocycles. The van der Waals surface area contributed by atoms with Crippen LogP contribution < -0.4 is 4.74 Å². The smallest absolute Gasteiger partial charge is 0.281 e. The van der Waals surface area contributed by atoms with Crippen LogP contribution in [0.15, 0.2) is 42.6 Å². The van der Waals surface area contributed by atoms with Gasteiger partial charge in [-0.2, -0.15) is 4.98 Å². The highest BCUT2D eigenvalue weighted by atomic mass is 32.1. The summed E-state index contributed by atoms with van der Waals surface area (Å²) in [6, 6.07) is 12.4. The molecule has 2 aromatic heterocycles. The lowest BCUT2D eigenvalue weighted by Gasteiger charge is -2.27. The molecule has 1 aliphatic heterocycles. The van der Waals surface area contributed by atoms with Crippen molar-refractivity contribution in [2.24, 2.45) is 0 Å². The van der Waals surface area contributed by atoms with Gasteiger partial charge in [-0.15, -0.1) is 0 Å². The second-order valence-electron chi connectivity index (χ2n) is 7.75. The minimum Gasteiger partial charge on any atom is -0.431 e. The fourth-order valence-electron chi connectivity index (χ4n) is 3.82. The number of fused-ring (bicyclic) bond motifs is 1. The summed E-state index contributed by atoms with van der Waals surface area (Å²) in [5.41, 5.74) is 1.97. The third-order valence-corrected chi connectivity index (χ3v) is 6.52. The standard InChI is InChI=1S/C23H28N4O2S/c1-3-26(15-12-17(2)27-14-5-7-21(27)28)16-18-8-10-19(11-9-18)29-23-25-22-20(30-23)6-4-13-24-22/h4,6,8-11,13,17H,3,5,7,12,14-16H2,1-2H3. The number of thiazole rings is 1. The number of benzene rings is 1. The van der Waals surface area contributed by atoms with E-state index in [1.54, 1.807) is 6.20 Å². The normalized spacial score (nSPS) is 15.3. The predicted octanol–water partition coefficient (Wildman–Crippen LogP) is 4.71. The molecule has 4 rings (SSSR count). The van der Waals surface area contributed by atoms with Crippen molar-refractivity contribution in [1.29, 1.82) is 0 Å². The molecule has 3 aromatic rings. The van der Waals surface area contributed by atoms with Crippen molar-refractivity contribution in [3.05, 3.63) is 48.2 Å². The maximum Gasteiger partial charge on any atom is 0.281 e. The minimum atomic E-state index is 0.310. The zero-order valence-electron chi connectivity index (χ0n) is 17.6. The average Bonchev–Trinajstić information content (AvgIpc) is 3.37. The second-order valence-corrected chi connectivity index (χ2v) is 8.74. The highest BCUT2D eigenvalue weighted by Gasteiger charge is 2.25. The van der Waals surface area contributed by atoms with Crippen LogP contribution in [-0.4, -0.2) is 51.4 Å². The van der Waals surface area contributed by atoms with Crippen LogP contribution >= 0.6 is 11.3 Å². The number of carbonyl (C=O) groups excluding carboxylic acids is 1. The largest absolute Gasteiger partial charge is 0.431 e. The molecule has 0 N–H and O–H groups in total. The van der Waals surface area contributed by atoms with E-state index in [9.17, 15) is 4.79 Å². The lowest BCUT2D eigenvalue weighted by molar-refractivity contribution is -0.129. The van der Waals surface area contributed by atoms with Crippen LogP contribution in [0.1, 0.15) is 38.7 Å². The van der Waals surface area contributed by atoms with Gasteiger partial charge in [-0.25, -0.2) is 4.98 Å². The van der Waals surface area contributed by atoms with Crippen molar-refractivity contribution < 1.29 is 9.53 Å². The number of hydrogen-bond donors (Lipinski definition) is 0. The first-order valence-electron chi connectivity index (χ1n) is 10.6. The van der Waals surface area contributed by atoms with Gasteiger partial charge in [0.1, 0.15) is 5.75 Å². The quantitative estimate of drug-likeness (QED) is 0.498. The van der Waals surface area contributed by atoms with Gasteiger partial charge in [0.25, 0.3) is 5.19 Å². The Kier molecular flexibility index (Phi) is 6.59. The van der Waals surface area contributed by atoms with Crippen LogP contribution in [0.2, 0.25) is 0 Å². The molecule has 7 heteroatoms. The van der Waals surface area contributed by atoms with E-state index in [1.807, 2.05) is 29.2 Å². The zero-order valence-corrected chi connectivity index (χ0v) is 18.4. The van der Waals surface area contributed by atoms with E-state index in [0.717, 1.165) is 55.1 Å². The molecule has 3 heterocycles. The van der Waals surface area contributed by atoms with Crippen molar-refractivity contribution in [2.75, 3.05) is 19.6 Å². The van der Waals surface area contributed by atoms with Gasteiger partial charge >= 0.3 is 0 Å². The first-order chi connectivity index (χ1) is 14.6. The lowest BCUT2D eigenvalue weighted by Crippen LogP contribution is -2.37. The van der Waals surface area contributed by atoms with Crippen LogP contribution in [0.5, 0.6) is 10.9 Å². The van der Waals surface area contributed by atoms with E-state index < -0.39 is 0 Å². The predicted molar refractivity (Wildman–Crippen MR) is 120 cm³/mol. The fraction of sp³-hybridized carbons (Fsp3) is 0.435. The summed E-state index contributed by atoms with van der Waals surface area (Å²) in [5.74, 6) is 1.09. The molecule has 1 aliphatic rings. The van der Waals surface area contributed by atoms with Gasteiger partial charge in [0.05, 0.1) is 4.70 Å². The highest BCUT2D eigenvalue weighted by molar-refractivity contribution is 7.20. The molecule has 0 radical (unpaired) electrons. The second kappa shape index (κ2) is 9.53. The SMILES string of the molecule is CCN(CCC(C)N1CCCC1=O)Cc1ccc(Oc2nc3ncccc3s2)cc1. The summed E-state index contributed by atoms with van der Waals surface area (Å²) in [6.07, 6.45) is 4.46. The third-order valence-electron chi connectivity index (χ3n) is 5.63. The molecule has 0 aliphatic carbocycles. The van der Waals surface area contributed by atoms with E-state index in [4.69, 9.17) is 4.74 Å². The number of hydrogen-bond acceptors (Lipinski definition) is 6. The van der Waals surface area contributed by atoms with E-state index in [2.05, 4.69) is 40.8 Å². The molecule has 0 spiro atoms. The first-order valence-corrected chi connectivity index (χ1v) is 11.4. The van der Waals surface area contributed by atoms with Crippen LogP contribution in [0, 0.1) is 0 Å². The molecule has 158 valence electrons. The monoisotopic (exact) mass is 424 g/mol. The van der Waals surface area contributed by atoms with Crippen LogP contribution in [0.4, 0.5) is 0 Å². The Morgan fingerprint density at radius 2 is 2.10 bits per heavy atom. The Balaban J connectivity index is 1.30. The van der Waals surface area contributed by atoms with Gasteiger partial charge < -0.3 is 9.64 Å². The van der Waals surface area contributed by atoms with Crippen molar-refractivity contribution in [2.45, 2.75) is 45.7 Å². The van der Waals surface area contributed by atoms with Crippen LogP contribution in [0.3, 0.4) is 0 Å². The van der Waals surface area contributed by atoms with Crippen molar-refractivity contribution in [3.8, 4) is 10.9 Å². The summed E-state index contributed by atoms with van der Waals surface area (Å²) in [4.78, 5) is 25.1. The van der Waals surface area contributed by atoms with Crippen LogP contribution in [0.25, 0.3) is 10.3 Å². The Hall–Kier alpha value is -2.51. The number of likely N-dealkylation sites (tertiary alicyclic amines) is 1. The molecule has 1 fully saturated rings. The molecular weight excluding hydrogens is 396 g/mol. The third kappa shape index (κ3) is 4.96. The average molecular weight is 425 g/mol. The molecule has 1 amide bonds. The van der Waals surface area contributed by atoms with E-state index >= 15 is 0 Å². The zero-order chi connectivity index (χ0) is 20.9. The maximum absolute atomic E-state index is 11.9. The number of carbonyl (C=O) groups is 1.